The molecular formula is C15H21N3O3. The van der Waals surface area contributed by atoms with Crippen molar-refractivity contribution in [1.29, 1.82) is 0 Å². The molecule has 21 heavy (non-hydrogen) atoms. The van der Waals surface area contributed by atoms with Crippen LogP contribution in [0.2, 0.25) is 0 Å². The van der Waals surface area contributed by atoms with Gasteiger partial charge in [0, 0.05) is 18.8 Å². The SMILES string of the molecule is Cc1ccc(NC(=O)N(C)C2CCNCC2)cc1C(=O)O. The number of urea groups is 1. The van der Waals surface area contributed by atoms with Gasteiger partial charge < -0.3 is 20.6 Å². The summed E-state index contributed by atoms with van der Waals surface area (Å²) in [6.45, 7) is 3.56. The monoisotopic (exact) mass is 291 g/mol. The molecule has 1 aliphatic rings. The smallest absolute Gasteiger partial charge is 0.336 e. The first-order valence-corrected chi connectivity index (χ1v) is 7.07. The highest BCUT2D eigenvalue weighted by Gasteiger charge is 2.22. The Morgan fingerprint density at radius 2 is 2.00 bits per heavy atom. The zero-order valence-electron chi connectivity index (χ0n) is 12.3. The van der Waals surface area contributed by atoms with Gasteiger partial charge in [0.15, 0.2) is 0 Å². The number of piperidine rings is 1. The second-order valence-electron chi connectivity index (χ2n) is 5.36. The molecule has 0 bridgehead atoms. The van der Waals surface area contributed by atoms with Crippen LogP contribution < -0.4 is 10.6 Å². The maximum Gasteiger partial charge on any atom is 0.336 e. The first-order chi connectivity index (χ1) is 9.99. The van der Waals surface area contributed by atoms with Gasteiger partial charge in [0.1, 0.15) is 0 Å². The molecule has 0 aliphatic carbocycles. The fourth-order valence-electron chi connectivity index (χ4n) is 2.50. The maximum atomic E-state index is 12.2. The van der Waals surface area contributed by atoms with Crippen molar-refractivity contribution in [2.24, 2.45) is 0 Å². The third kappa shape index (κ3) is 3.72. The highest BCUT2D eigenvalue weighted by atomic mass is 16.4. The summed E-state index contributed by atoms with van der Waals surface area (Å²) in [5.74, 6) is -0.990. The molecule has 3 N–H and O–H groups in total. The standard InChI is InChI=1S/C15H21N3O3/c1-10-3-4-11(9-13(10)14(19)20)17-15(21)18(2)12-5-7-16-8-6-12/h3-4,9,12,16H,5-8H2,1-2H3,(H,17,21)(H,19,20). The van der Waals surface area contributed by atoms with Crippen molar-refractivity contribution in [3.05, 3.63) is 29.3 Å². The number of hydrogen-bond acceptors (Lipinski definition) is 3. The van der Waals surface area contributed by atoms with E-state index in [1.54, 1.807) is 31.0 Å². The van der Waals surface area contributed by atoms with E-state index >= 15 is 0 Å². The highest BCUT2D eigenvalue weighted by molar-refractivity contribution is 5.94. The largest absolute Gasteiger partial charge is 0.478 e. The van der Waals surface area contributed by atoms with Crippen molar-refractivity contribution < 1.29 is 14.7 Å². The number of carbonyl (C=O) groups excluding carboxylic acids is 1. The van der Waals surface area contributed by atoms with Crippen molar-refractivity contribution in [2.45, 2.75) is 25.8 Å². The second-order valence-corrected chi connectivity index (χ2v) is 5.36. The number of nitrogens with one attached hydrogen (secondary N) is 2. The van der Waals surface area contributed by atoms with Crippen molar-refractivity contribution in [2.75, 3.05) is 25.5 Å². The zero-order valence-corrected chi connectivity index (χ0v) is 12.3. The first-order valence-electron chi connectivity index (χ1n) is 7.07. The number of aromatic carboxylic acids is 1. The average molecular weight is 291 g/mol. The van der Waals surface area contributed by atoms with Gasteiger partial charge in [-0.2, -0.15) is 0 Å². The lowest BCUT2D eigenvalue weighted by Crippen LogP contribution is -2.45. The summed E-state index contributed by atoms with van der Waals surface area (Å²) in [5, 5.41) is 15.1. The molecule has 1 aliphatic heterocycles. The highest BCUT2D eigenvalue weighted by Crippen LogP contribution is 2.17. The summed E-state index contributed by atoms with van der Waals surface area (Å²) in [4.78, 5) is 25.0. The van der Waals surface area contributed by atoms with Crippen molar-refractivity contribution >= 4 is 17.7 Å². The van der Waals surface area contributed by atoms with E-state index in [1.807, 2.05) is 0 Å². The second kappa shape index (κ2) is 6.58. The van der Waals surface area contributed by atoms with Crippen molar-refractivity contribution in [3.8, 4) is 0 Å². The molecule has 0 radical (unpaired) electrons. The van der Waals surface area contributed by atoms with Crippen LogP contribution in [-0.2, 0) is 0 Å². The fraction of sp³-hybridized carbons (Fsp3) is 0.467. The number of hydrogen-bond donors (Lipinski definition) is 3. The maximum absolute atomic E-state index is 12.2. The van der Waals surface area contributed by atoms with Gasteiger partial charge in [-0.3, -0.25) is 0 Å². The summed E-state index contributed by atoms with van der Waals surface area (Å²) < 4.78 is 0. The third-order valence-electron chi connectivity index (χ3n) is 3.90. The molecule has 0 unspecified atom stereocenters. The molecule has 0 saturated carbocycles. The Hall–Kier alpha value is -2.08. The number of benzene rings is 1. The molecule has 0 spiro atoms. The van der Waals surface area contributed by atoms with E-state index in [0.29, 0.717) is 11.3 Å². The normalized spacial score (nSPS) is 15.5. The minimum Gasteiger partial charge on any atom is -0.478 e. The van der Waals surface area contributed by atoms with Crippen molar-refractivity contribution in [1.82, 2.24) is 10.2 Å². The molecule has 1 heterocycles. The first kappa shape index (κ1) is 15.3. The molecule has 6 heteroatoms. The van der Waals surface area contributed by atoms with E-state index in [-0.39, 0.29) is 17.6 Å². The van der Waals surface area contributed by atoms with Gasteiger partial charge in [-0.1, -0.05) is 6.07 Å². The Morgan fingerprint density at radius 1 is 1.33 bits per heavy atom. The number of carboxylic acid groups (broad SMARTS) is 1. The van der Waals surface area contributed by atoms with Crippen LogP contribution >= 0.6 is 0 Å². The topological polar surface area (TPSA) is 81.7 Å². The number of aryl methyl sites for hydroxylation is 1. The quantitative estimate of drug-likeness (QED) is 0.794. The van der Waals surface area contributed by atoms with Crippen LogP contribution in [-0.4, -0.2) is 48.2 Å². The Balaban J connectivity index is 2.05. The number of anilines is 1. The lowest BCUT2D eigenvalue weighted by atomic mass is 10.1. The molecule has 2 amide bonds. The molecule has 2 rings (SSSR count). The van der Waals surface area contributed by atoms with Crippen LogP contribution in [0.5, 0.6) is 0 Å². The molecule has 1 aromatic carbocycles. The van der Waals surface area contributed by atoms with E-state index in [9.17, 15) is 9.59 Å². The van der Waals surface area contributed by atoms with E-state index in [2.05, 4.69) is 10.6 Å². The van der Waals surface area contributed by atoms with Gasteiger partial charge in [-0.15, -0.1) is 0 Å². The summed E-state index contributed by atoms with van der Waals surface area (Å²) in [6.07, 6.45) is 1.86. The molecule has 1 aromatic rings. The summed E-state index contributed by atoms with van der Waals surface area (Å²) in [5.41, 5.74) is 1.38. The number of amides is 2. The molecule has 6 nitrogen and oxygen atoms in total. The summed E-state index contributed by atoms with van der Waals surface area (Å²) >= 11 is 0. The Morgan fingerprint density at radius 3 is 2.62 bits per heavy atom. The van der Waals surface area contributed by atoms with E-state index in [1.165, 1.54) is 6.07 Å². The van der Waals surface area contributed by atoms with Crippen LogP contribution in [0.4, 0.5) is 10.5 Å². The Kier molecular flexibility index (Phi) is 4.80. The van der Waals surface area contributed by atoms with E-state index in [0.717, 1.165) is 25.9 Å². The summed E-state index contributed by atoms with van der Waals surface area (Å²) in [6, 6.07) is 4.92. The fourth-order valence-corrected chi connectivity index (χ4v) is 2.50. The molecular weight excluding hydrogens is 270 g/mol. The van der Waals surface area contributed by atoms with Crippen LogP contribution in [0.15, 0.2) is 18.2 Å². The lowest BCUT2D eigenvalue weighted by Gasteiger charge is -2.31. The minimum atomic E-state index is -0.990. The van der Waals surface area contributed by atoms with Crippen LogP contribution in [0, 0.1) is 6.92 Å². The minimum absolute atomic E-state index is 0.206. The number of nitrogens with zero attached hydrogens (tertiary/aromatic N) is 1. The van der Waals surface area contributed by atoms with Gasteiger partial charge in [0.25, 0.3) is 0 Å². The van der Waals surface area contributed by atoms with Gasteiger partial charge in [-0.25, -0.2) is 9.59 Å². The molecule has 1 fully saturated rings. The molecule has 0 aromatic heterocycles. The number of rotatable bonds is 3. The van der Waals surface area contributed by atoms with Crippen molar-refractivity contribution in [3.63, 3.8) is 0 Å². The van der Waals surface area contributed by atoms with Gasteiger partial charge in [-0.05, 0) is 50.6 Å². The number of carboxylic acids is 1. The Labute approximate surface area is 124 Å². The molecule has 114 valence electrons. The molecule has 0 atom stereocenters. The summed E-state index contributed by atoms with van der Waals surface area (Å²) in [7, 11) is 1.78. The van der Waals surface area contributed by atoms with Gasteiger partial charge >= 0.3 is 12.0 Å². The zero-order chi connectivity index (χ0) is 15.4. The third-order valence-corrected chi connectivity index (χ3v) is 3.90. The van der Waals surface area contributed by atoms with E-state index < -0.39 is 5.97 Å². The predicted molar refractivity (Wildman–Crippen MR) is 80.8 cm³/mol. The Bertz CT molecular complexity index is 539. The molecule has 1 saturated heterocycles. The van der Waals surface area contributed by atoms with Crippen LogP contribution in [0.3, 0.4) is 0 Å². The van der Waals surface area contributed by atoms with E-state index in [4.69, 9.17) is 5.11 Å². The van der Waals surface area contributed by atoms with Gasteiger partial charge in [0.2, 0.25) is 0 Å². The average Bonchev–Trinajstić information content (AvgIpc) is 2.49. The number of carbonyl (C=O) groups is 2. The lowest BCUT2D eigenvalue weighted by molar-refractivity contribution is 0.0696. The predicted octanol–water partition coefficient (Wildman–Crippen LogP) is 1.91. The van der Waals surface area contributed by atoms with Gasteiger partial charge in [0.05, 0.1) is 5.56 Å². The van der Waals surface area contributed by atoms with Crippen LogP contribution in [0.1, 0.15) is 28.8 Å². The van der Waals surface area contributed by atoms with Crippen LogP contribution in [0.25, 0.3) is 0 Å².